The van der Waals surface area contributed by atoms with Crippen LogP contribution in [0.15, 0.2) is 176 Å². The molecule has 0 saturated heterocycles. The zero-order valence-electron chi connectivity index (χ0n) is 24.2. The molecule has 0 aliphatic heterocycles. The van der Waals surface area contributed by atoms with Crippen molar-refractivity contribution in [3.63, 3.8) is 0 Å². The normalized spacial score (nSPS) is 11.2. The number of nitrogens with zero attached hydrogens (tertiary/aromatic N) is 1. The summed E-state index contributed by atoms with van der Waals surface area (Å²) in [5, 5.41) is 5.03. The van der Waals surface area contributed by atoms with E-state index in [4.69, 9.17) is 4.98 Å². The molecule has 1 nitrogen and oxygen atoms in total. The first-order valence-electron chi connectivity index (χ1n) is 15.0. The summed E-state index contributed by atoms with van der Waals surface area (Å²) in [6, 6.07) is 62.8. The monoisotopic (exact) mass is 559 g/mol. The van der Waals surface area contributed by atoms with Crippen LogP contribution in [0.2, 0.25) is 0 Å². The SMILES string of the molecule is c1ccc(-c2cc(-c3cc(-c4ccccc4)cc(-c4ccccc4)n3)cc(-c3cc4ccccc4c4ccccc34)c2)cc1. The van der Waals surface area contributed by atoms with E-state index >= 15 is 0 Å². The van der Waals surface area contributed by atoms with Crippen LogP contribution >= 0.6 is 0 Å². The maximum Gasteiger partial charge on any atom is 0.0716 e. The standard InChI is InChI=1S/C43H29N/c1-4-14-30(15-5-1)34-24-36(41-27-33-20-10-11-21-38(33)39-22-12-13-23-40(39)41)26-37(25-34)43-29-35(31-16-6-2-7-17-31)28-42(44-43)32-18-8-3-9-19-32/h1-29H. The van der Waals surface area contributed by atoms with E-state index < -0.39 is 0 Å². The fourth-order valence-corrected chi connectivity index (χ4v) is 6.25. The van der Waals surface area contributed by atoms with Crippen molar-refractivity contribution in [1.29, 1.82) is 0 Å². The summed E-state index contributed by atoms with van der Waals surface area (Å²) in [6.45, 7) is 0. The fourth-order valence-electron chi connectivity index (χ4n) is 6.25. The lowest BCUT2D eigenvalue weighted by Gasteiger charge is -2.16. The molecule has 0 bridgehead atoms. The van der Waals surface area contributed by atoms with Crippen LogP contribution in [-0.2, 0) is 0 Å². The first-order valence-corrected chi connectivity index (χ1v) is 15.0. The van der Waals surface area contributed by atoms with Crippen LogP contribution in [0.3, 0.4) is 0 Å². The molecule has 44 heavy (non-hydrogen) atoms. The molecule has 1 aromatic heterocycles. The molecule has 0 fully saturated rings. The molecule has 0 aliphatic rings. The van der Waals surface area contributed by atoms with Crippen molar-refractivity contribution in [3.8, 4) is 55.9 Å². The summed E-state index contributed by atoms with van der Waals surface area (Å²) in [5.41, 5.74) is 11.2. The van der Waals surface area contributed by atoms with Gasteiger partial charge in [0.2, 0.25) is 0 Å². The molecule has 1 heteroatoms. The highest BCUT2D eigenvalue weighted by molar-refractivity contribution is 6.14. The van der Waals surface area contributed by atoms with Gasteiger partial charge in [-0.25, -0.2) is 4.98 Å². The molecule has 0 aliphatic carbocycles. The smallest absolute Gasteiger partial charge is 0.0716 e. The van der Waals surface area contributed by atoms with E-state index in [0.717, 1.165) is 28.1 Å². The van der Waals surface area contributed by atoms with E-state index in [1.807, 2.05) is 0 Å². The number of fused-ring (bicyclic) bond motifs is 3. The molecular weight excluding hydrogens is 530 g/mol. The van der Waals surface area contributed by atoms with Crippen molar-refractivity contribution in [2.45, 2.75) is 0 Å². The zero-order valence-corrected chi connectivity index (χ0v) is 24.2. The molecular formula is C43H29N. The molecule has 0 amide bonds. The van der Waals surface area contributed by atoms with Crippen molar-refractivity contribution in [2.24, 2.45) is 0 Å². The molecule has 0 saturated carbocycles. The second-order valence-electron chi connectivity index (χ2n) is 11.2. The van der Waals surface area contributed by atoms with Gasteiger partial charge in [0.1, 0.15) is 0 Å². The average molecular weight is 560 g/mol. The van der Waals surface area contributed by atoms with Crippen molar-refractivity contribution in [2.75, 3.05) is 0 Å². The Labute approximate surface area is 257 Å². The van der Waals surface area contributed by atoms with Gasteiger partial charge < -0.3 is 0 Å². The van der Waals surface area contributed by atoms with E-state index in [0.29, 0.717) is 0 Å². The highest BCUT2D eigenvalue weighted by Gasteiger charge is 2.14. The minimum Gasteiger partial charge on any atom is -0.248 e. The average Bonchev–Trinajstić information content (AvgIpc) is 3.12. The highest BCUT2D eigenvalue weighted by Crippen LogP contribution is 2.39. The summed E-state index contributed by atoms with van der Waals surface area (Å²) >= 11 is 0. The van der Waals surface area contributed by atoms with Crippen LogP contribution in [-0.4, -0.2) is 4.98 Å². The van der Waals surface area contributed by atoms with Crippen molar-refractivity contribution >= 4 is 21.5 Å². The summed E-state index contributed by atoms with van der Waals surface area (Å²) in [4.78, 5) is 5.28. The van der Waals surface area contributed by atoms with Crippen molar-refractivity contribution < 1.29 is 0 Å². The Bertz CT molecular complexity index is 2190. The van der Waals surface area contributed by atoms with Gasteiger partial charge in [0.25, 0.3) is 0 Å². The maximum atomic E-state index is 5.28. The van der Waals surface area contributed by atoms with Gasteiger partial charge in [-0.2, -0.15) is 0 Å². The number of hydrogen-bond donors (Lipinski definition) is 0. The third kappa shape index (κ3) is 4.85. The van der Waals surface area contributed by atoms with Gasteiger partial charge in [-0.05, 0) is 91.3 Å². The highest BCUT2D eigenvalue weighted by atomic mass is 14.7. The van der Waals surface area contributed by atoms with Gasteiger partial charge in [0, 0.05) is 11.1 Å². The Morgan fingerprint density at radius 3 is 1.39 bits per heavy atom. The molecule has 7 aromatic carbocycles. The molecule has 8 aromatic rings. The number of rotatable bonds is 5. The topological polar surface area (TPSA) is 12.9 Å². The maximum absolute atomic E-state index is 5.28. The Morgan fingerprint density at radius 2 is 0.727 bits per heavy atom. The first-order chi connectivity index (χ1) is 21.8. The van der Waals surface area contributed by atoms with Crippen LogP contribution in [0.4, 0.5) is 0 Å². The molecule has 0 atom stereocenters. The van der Waals surface area contributed by atoms with Crippen molar-refractivity contribution in [1.82, 2.24) is 4.98 Å². The van der Waals surface area contributed by atoms with E-state index in [1.165, 1.54) is 49.4 Å². The van der Waals surface area contributed by atoms with E-state index in [-0.39, 0.29) is 0 Å². The minimum atomic E-state index is 0.953. The van der Waals surface area contributed by atoms with Crippen molar-refractivity contribution in [3.05, 3.63) is 176 Å². The molecule has 1 heterocycles. The van der Waals surface area contributed by atoms with Crippen LogP contribution < -0.4 is 0 Å². The number of aromatic nitrogens is 1. The van der Waals surface area contributed by atoms with Crippen LogP contribution in [0.1, 0.15) is 0 Å². The van der Waals surface area contributed by atoms with E-state index in [1.54, 1.807) is 0 Å². The Morgan fingerprint density at radius 1 is 0.273 bits per heavy atom. The second-order valence-corrected chi connectivity index (χ2v) is 11.2. The Balaban J connectivity index is 1.41. The molecule has 0 radical (unpaired) electrons. The Kier molecular flexibility index (Phi) is 6.55. The first kappa shape index (κ1) is 25.9. The largest absolute Gasteiger partial charge is 0.248 e. The van der Waals surface area contributed by atoms with Crippen LogP contribution in [0.25, 0.3) is 77.4 Å². The van der Waals surface area contributed by atoms with Gasteiger partial charge in [0.15, 0.2) is 0 Å². The molecule has 0 unspecified atom stereocenters. The van der Waals surface area contributed by atoms with Gasteiger partial charge in [-0.1, -0.05) is 140 Å². The third-order valence-corrected chi connectivity index (χ3v) is 8.42. The predicted octanol–water partition coefficient (Wildman–Crippen LogP) is 11.7. The summed E-state index contributed by atoms with van der Waals surface area (Å²) < 4.78 is 0. The molecule has 206 valence electrons. The fraction of sp³-hybridized carbons (Fsp3) is 0. The zero-order chi connectivity index (χ0) is 29.3. The number of hydrogen-bond acceptors (Lipinski definition) is 1. The van der Waals surface area contributed by atoms with Gasteiger partial charge >= 0.3 is 0 Å². The number of pyridine rings is 1. The lowest BCUT2D eigenvalue weighted by atomic mass is 9.89. The van der Waals surface area contributed by atoms with E-state index in [2.05, 4.69) is 176 Å². The summed E-state index contributed by atoms with van der Waals surface area (Å²) in [7, 11) is 0. The van der Waals surface area contributed by atoms with Crippen LogP contribution in [0.5, 0.6) is 0 Å². The van der Waals surface area contributed by atoms with Gasteiger partial charge in [-0.3, -0.25) is 0 Å². The predicted molar refractivity (Wildman–Crippen MR) is 186 cm³/mol. The Hall–Kier alpha value is -5.79. The molecule has 0 spiro atoms. The molecule has 8 rings (SSSR count). The molecule has 0 N–H and O–H groups in total. The lowest BCUT2D eigenvalue weighted by Crippen LogP contribution is -1.93. The lowest BCUT2D eigenvalue weighted by molar-refractivity contribution is 1.32. The minimum absolute atomic E-state index is 0.953. The second kappa shape index (κ2) is 11.1. The number of benzene rings is 7. The van der Waals surface area contributed by atoms with Gasteiger partial charge in [0.05, 0.1) is 11.4 Å². The van der Waals surface area contributed by atoms with E-state index in [9.17, 15) is 0 Å². The summed E-state index contributed by atoms with van der Waals surface area (Å²) in [5.74, 6) is 0. The van der Waals surface area contributed by atoms with Gasteiger partial charge in [-0.15, -0.1) is 0 Å². The quantitative estimate of drug-likeness (QED) is 0.191. The third-order valence-electron chi connectivity index (χ3n) is 8.42. The summed E-state index contributed by atoms with van der Waals surface area (Å²) in [6.07, 6.45) is 0. The van der Waals surface area contributed by atoms with Crippen LogP contribution in [0, 0.1) is 0 Å².